The van der Waals surface area contributed by atoms with Gasteiger partial charge in [0, 0.05) is 29.3 Å². The first-order valence-electron chi connectivity index (χ1n) is 8.99. The van der Waals surface area contributed by atoms with E-state index in [2.05, 4.69) is 20.6 Å². The molecule has 154 valence electrons. The lowest BCUT2D eigenvalue weighted by molar-refractivity contribution is 0.103. The molecular weight excluding hydrogens is 426 g/mol. The van der Waals surface area contributed by atoms with Gasteiger partial charge in [-0.15, -0.1) is 0 Å². The Kier molecular flexibility index (Phi) is 5.55. The predicted octanol–water partition coefficient (Wildman–Crippen LogP) is 5.44. The normalized spacial score (nSPS) is 10.7. The first-order chi connectivity index (χ1) is 14.9. The van der Waals surface area contributed by atoms with Gasteiger partial charge in [-0.25, -0.2) is 13.6 Å². The summed E-state index contributed by atoms with van der Waals surface area (Å²) in [6.45, 7) is 0. The summed E-state index contributed by atoms with van der Waals surface area (Å²) in [6.07, 6.45) is 3.02. The van der Waals surface area contributed by atoms with Crippen LogP contribution >= 0.6 is 11.6 Å². The Balaban J connectivity index is 1.55. The third kappa shape index (κ3) is 4.49. The first-order valence-corrected chi connectivity index (χ1v) is 9.36. The van der Waals surface area contributed by atoms with E-state index in [4.69, 9.17) is 11.6 Å². The number of hydrogen-bond donors (Lipinski definition) is 2. The van der Waals surface area contributed by atoms with Gasteiger partial charge in [-0.1, -0.05) is 11.6 Å². The Morgan fingerprint density at radius 1 is 0.774 bits per heavy atom. The van der Waals surface area contributed by atoms with Gasteiger partial charge in [0.2, 0.25) is 0 Å². The molecule has 0 spiro atoms. The van der Waals surface area contributed by atoms with Crippen LogP contribution in [0.1, 0.15) is 15.9 Å². The minimum atomic E-state index is -0.741. The van der Waals surface area contributed by atoms with E-state index in [0.717, 1.165) is 12.1 Å². The number of nitrogens with one attached hydrogen (secondary N) is 2. The van der Waals surface area contributed by atoms with Crippen molar-refractivity contribution in [3.63, 3.8) is 0 Å². The molecule has 3 aromatic carbocycles. The fourth-order valence-corrected chi connectivity index (χ4v) is 3.02. The van der Waals surface area contributed by atoms with E-state index in [1.165, 1.54) is 48.8 Å². The summed E-state index contributed by atoms with van der Waals surface area (Å²) < 4.78 is 27.9. The van der Waals surface area contributed by atoms with E-state index in [9.17, 15) is 18.4 Å². The second-order valence-corrected chi connectivity index (χ2v) is 6.90. The minimum absolute atomic E-state index is 0.0766. The van der Waals surface area contributed by atoms with Gasteiger partial charge in [-0.3, -0.25) is 14.8 Å². The molecule has 0 radical (unpaired) electrons. The summed E-state index contributed by atoms with van der Waals surface area (Å²) in [5.74, 6) is -2.00. The number of fused-ring (bicyclic) bond motifs is 1. The van der Waals surface area contributed by atoms with Crippen LogP contribution in [0.3, 0.4) is 0 Å². The maximum Gasteiger partial charge on any atom is 0.323 e. The maximum atomic E-state index is 14.4. The van der Waals surface area contributed by atoms with Crippen molar-refractivity contribution in [2.75, 3.05) is 10.6 Å². The van der Waals surface area contributed by atoms with Crippen LogP contribution in [0.2, 0.25) is 5.02 Å². The molecule has 0 bridgehead atoms. The molecule has 0 aliphatic carbocycles. The van der Waals surface area contributed by atoms with E-state index in [0.29, 0.717) is 11.0 Å². The van der Waals surface area contributed by atoms with Crippen LogP contribution in [0.25, 0.3) is 11.0 Å². The average molecular weight is 439 g/mol. The summed E-state index contributed by atoms with van der Waals surface area (Å²) in [6, 6.07) is 11.4. The molecule has 0 atom stereocenters. The number of carbonyl (C=O) groups is 2. The predicted molar refractivity (Wildman–Crippen MR) is 113 cm³/mol. The molecule has 1 aromatic heterocycles. The Labute approximate surface area is 179 Å². The summed E-state index contributed by atoms with van der Waals surface area (Å²) in [5, 5.41) is 4.84. The monoisotopic (exact) mass is 438 g/mol. The van der Waals surface area contributed by atoms with Crippen LogP contribution in [0.5, 0.6) is 0 Å². The zero-order valence-electron chi connectivity index (χ0n) is 15.7. The number of ketones is 1. The highest BCUT2D eigenvalue weighted by atomic mass is 35.5. The van der Waals surface area contributed by atoms with Crippen LogP contribution in [-0.2, 0) is 0 Å². The van der Waals surface area contributed by atoms with Crippen molar-refractivity contribution < 1.29 is 18.4 Å². The fourth-order valence-electron chi connectivity index (χ4n) is 2.90. The molecule has 0 saturated carbocycles. The molecule has 2 amide bonds. The highest BCUT2D eigenvalue weighted by Gasteiger charge is 2.16. The highest BCUT2D eigenvalue weighted by molar-refractivity contribution is 6.30. The SMILES string of the molecule is O=C(Nc1ccc(Cl)c(F)c1)Nc1ccc(F)c(C(=O)c2ccc3nccnc3c2)c1. The summed E-state index contributed by atoms with van der Waals surface area (Å²) in [5.41, 5.74) is 1.46. The van der Waals surface area contributed by atoms with E-state index in [1.807, 2.05) is 0 Å². The number of rotatable bonds is 4. The molecule has 2 N–H and O–H groups in total. The van der Waals surface area contributed by atoms with Crippen molar-refractivity contribution in [1.82, 2.24) is 9.97 Å². The second kappa shape index (κ2) is 8.45. The number of anilines is 2. The van der Waals surface area contributed by atoms with Crippen LogP contribution in [0, 0.1) is 11.6 Å². The van der Waals surface area contributed by atoms with Crippen molar-refractivity contribution >= 4 is 45.8 Å². The Hall–Kier alpha value is -3.91. The van der Waals surface area contributed by atoms with Gasteiger partial charge < -0.3 is 10.6 Å². The van der Waals surface area contributed by atoms with Gasteiger partial charge in [-0.2, -0.15) is 0 Å². The Bertz CT molecular complexity index is 1330. The second-order valence-electron chi connectivity index (χ2n) is 6.49. The van der Waals surface area contributed by atoms with Crippen LogP contribution < -0.4 is 10.6 Å². The quantitative estimate of drug-likeness (QED) is 0.416. The molecule has 4 aromatic rings. The minimum Gasteiger partial charge on any atom is -0.308 e. The zero-order chi connectivity index (χ0) is 22.0. The van der Waals surface area contributed by atoms with Crippen molar-refractivity contribution in [2.45, 2.75) is 0 Å². The smallest absolute Gasteiger partial charge is 0.308 e. The number of nitrogens with zero attached hydrogens (tertiary/aromatic N) is 2. The average Bonchev–Trinajstić information content (AvgIpc) is 2.77. The van der Waals surface area contributed by atoms with Gasteiger partial charge in [-0.05, 0) is 54.6 Å². The number of carbonyl (C=O) groups excluding carboxylic acids is 2. The number of amides is 2. The van der Waals surface area contributed by atoms with Crippen LogP contribution in [0.4, 0.5) is 25.0 Å². The van der Waals surface area contributed by atoms with E-state index in [1.54, 1.807) is 6.07 Å². The first kappa shape index (κ1) is 20.4. The van der Waals surface area contributed by atoms with E-state index in [-0.39, 0.29) is 27.5 Å². The number of urea groups is 1. The summed E-state index contributed by atoms with van der Waals surface area (Å²) >= 11 is 5.61. The topological polar surface area (TPSA) is 84.0 Å². The third-order valence-electron chi connectivity index (χ3n) is 4.38. The lowest BCUT2D eigenvalue weighted by atomic mass is 10.0. The third-order valence-corrected chi connectivity index (χ3v) is 4.68. The van der Waals surface area contributed by atoms with Crippen molar-refractivity contribution in [2.24, 2.45) is 0 Å². The lowest BCUT2D eigenvalue weighted by Gasteiger charge is -2.10. The molecule has 0 aliphatic rings. The van der Waals surface area contributed by atoms with E-state index < -0.39 is 23.4 Å². The molecule has 0 fully saturated rings. The van der Waals surface area contributed by atoms with Crippen molar-refractivity contribution in [3.05, 3.63) is 94.8 Å². The van der Waals surface area contributed by atoms with Crippen molar-refractivity contribution in [1.29, 1.82) is 0 Å². The highest BCUT2D eigenvalue weighted by Crippen LogP contribution is 2.22. The molecule has 0 saturated heterocycles. The molecule has 0 unspecified atom stereocenters. The van der Waals surface area contributed by atoms with Gasteiger partial charge in [0.05, 0.1) is 21.6 Å². The Morgan fingerprint density at radius 2 is 1.45 bits per heavy atom. The van der Waals surface area contributed by atoms with E-state index >= 15 is 0 Å². The summed E-state index contributed by atoms with van der Waals surface area (Å²) in [4.78, 5) is 33.3. The number of hydrogen-bond acceptors (Lipinski definition) is 4. The summed E-state index contributed by atoms with van der Waals surface area (Å²) in [7, 11) is 0. The molecule has 4 rings (SSSR count). The molecular formula is C22H13ClF2N4O2. The van der Waals surface area contributed by atoms with Gasteiger partial charge in [0.25, 0.3) is 0 Å². The lowest BCUT2D eigenvalue weighted by Crippen LogP contribution is -2.20. The zero-order valence-corrected chi connectivity index (χ0v) is 16.5. The molecule has 0 aliphatic heterocycles. The van der Waals surface area contributed by atoms with Gasteiger partial charge >= 0.3 is 6.03 Å². The van der Waals surface area contributed by atoms with Crippen LogP contribution in [-0.4, -0.2) is 21.8 Å². The van der Waals surface area contributed by atoms with Crippen LogP contribution in [0.15, 0.2) is 67.0 Å². The molecule has 31 heavy (non-hydrogen) atoms. The van der Waals surface area contributed by atoms with Crippen molar-refractivity contribution in [3.8, 4) is 0 Å². The number of aromatic nitrogens is 2. The standard InChI is InChI=1S/C22H13ClF2N4O2/c23-16-4-2-14(11-18(16)25)29-22(31)28-13-3-5-17(24)15(10-13)21(30)12-1-6-19-20(9-12)27-8-7-26-19/h1-11H,(H2,28,29,31). The van der Waals surface area contributed by atoms with Gasteiger partial charge in [0.15, 0.2) is 5.78 Å². The number of halogens is 3. The molecule has 1 heterocycles. The fraction of sp³-hybridized carbons (Fsp3) is 0. The maximum absolute atomic E-state index is 14.4. The largest absolute Gasteiger partial charge is 0.323 e. The van der Waals surface area contributed by atoms with Gasteiger partial charge in [0.1, 0.15) is 11.6 Å². The number of benzene rings is 3. The molecule has 9 heteroatoms. The molecule has 6 nitrogen and oxygen atoms in total. The Morgan fingerprint density at radius 3 is 2.19 bits per heavy atom.